The fraction of sp³-hybridized carbons (Fsp3) is 0.0455. The van der Waals surface area contributed by atoms with Gasteiger partial charge in [-0.3, -0.25) is 0 Å². The van der Waals surface area contributed by atoms with Gasteiger partial charge in [0.25, 0.3) is 0 Å². The Morgan fingerprint density at radius 2 is 1.31 bits per heavy atom. The molecular weight excluding hydrogens is 335 g/mol. The Kier molecular flexibility index (Phi) is 3.96. The molecule has 4 heteroatoms. The van der Waals surface area contributed by atoms with Gasteiger partial charge in [0.15, 0.2) is 0 Å². The number of para-hydroxylation sites is 1. The number of pyridine rings is 1. The van der Waals surface area contributed by atoms with E-state index in [2.05, 4.69) is 0 Å². The fourth-order valence-electron chi connectivity index (χ4n) is 3.01. The van der Waals surface area contributed by atoms with Crippen LogP contribution >= 0.6 is 0 Å². The standard InChI is InChI=1S/C22H14F3N/c23-22(24,25)17-12-10-15(11-13-17)19-14-21(16-6-2-1-3-7-16)26-20-9-5-4-8-18(19)20/h1-14H. The van der Waals surface area contributed by atoms with Crippen LogP contribution in [0.5, 0.6) is 0 Å². The predicted octanol–water partition coefficient (Wildman–Crippen LogP) is 6.59. The van der Waals surface area contributed by atoms with E-state index in [1.165, 1.54) is 12.1 Å². The van der Waals surface area contributed by atoms with E-state index in [0.29, 0.717) is 0 Å². The number of nitrogens with zero attached hydrogens (tertiary/aromatic N) is 1. The van der Waals surface area contributed by atoms with Crippen molar-refractivity contribution in [3.8, 4) is 22.4 Å². The Hall–Kier alpha value is -3.14. The molecule has 0 saturated carbocycles. The minimum Gasteiger partial charge on any atom is -0.248 e. The fourth-order valence-corrected chi connectivity index (χ4v) is 3.01. The van der Waals surface area contributed by atoms with Crippen LogP contribution in [0, 0.1) is 0 Å². The van der Waals surface area contributed by atoms with Crippen LogP contribution in [0.25, 0.3) is 33.3 Å². The lowest BCUT2D eigenvalue weighted by atomic mass is 9.97. The molecule has 4 aromatic rings. The zero-order valence-electron chi connectivity index (χ0n) is 13.7. The van der Waals surface area contributed by atoms with Crippen LogP contribution in [-0.4, -0.2) is 4.98 Å². The van der Waals surface area contributed by atoms with Gasteiger partial charge in [0.05, 0.1) is 16.8 Å². The summed E-state index contributed by atoms with van der Waals surface area (Å²) in [6.45, 7) is 0. The molecule has 0 unspecified atom stereocenters. The summed E-state index contributed by atoms with van der Waals surface area (Å²) in [6, 6.07) is 24.6. The number of hydrogen-bond donors (Lipinski definition) is 0. The van der Waals surface area contributed by atoms with E-state index >= 15 is 0 Å². The first-order valence-corrected chi connectivity index (χ1v) is 8.15. The maximum Gasteiger partial charge on any atom is 0.416 e. The Morgan fingerprint density at radius 3 is 2.00 bits per heavy atom. The highest BCUT2D eigenvalue weighted by molar-refractivity contribution is 5.96. The normalized spacial score (nSPS) is 11.7. The first kappa shape index (κ1) is 16.3. The molecule has 0 amide bonds. The van der Waals surface area contributed by atoms with Crippen molar-refractivity contribution < 1.29 is 13.2 Å². The molecule has 3 aromatic carbocycles. The van der Waals surface area contributed by atoms with Gasteiger partial charge in [-0.25, -0.2) is 4.98 Å². The number of fused-ring (bicyclic) bond motifs is 1. The average molecular weight is 349 g/mol. The second-order valence-corrected chi connectivity index (χ2v) is 6.01. The Labute approximate surface area is 148 Å². The molecule has 0 radical (unpaired) electrons. The van der Waals surface area contributed by atoms with Crippen molar-refractivity contribution in [3.05, 3.63) is 90.5 Å². The molecule has 128 valence electrons. The monoisotopic (exact) mass is 349 g/mol. The summed E-state index contributed by atoms with van der Waals surface area (Å²) in [4.78, 5) is 4.71. The number of aromatic nitrogens is 1. The molecule has 0 bridgehead atoms. The Morgan fingerprint density at radius 1 is 0.654 bits per heavy atom. The summed E-state index contributed by atoms with van der Waals surface area (Å²) >= 11 is 0. The molecule has 4 rings (SSSR count). The summed E-state index contributed by atoms with van der Waals surface area (Å²) in [7, 11) is 0. The topological polar surface area (TPSA) is 12.9 Å². The second kappa shape index (κ2) is 6.30. The highest BCUT2D eigenvalue weighted by atomic mass is 19.4. The molecule has 0 aliphatic heterocycles. The highest BCUT2D eigenvalue weighted by Crippen LogP contribution is 2.34. The molecule has 0 atom stereocenters. The van der Waals surface area contributed by atoms with E-state index in [9.17, 15) is 13.2 Å². The third-order valence-corrected chi connectivity index (χ3v) is 4.31. The van der Waals surface area contributed by atoms with E-state index < -0.39 is 11.7 Å². The van der Waals surface area contributed by atoms with Gasteiger partial charge in [0, 0.05) is 10.9 Å². The SMILES string of the molecule is FC(F)(F)c1ccc(-c2cc(-c3ccccc3)nc3ccccc23)cc1. The number of hydrogen-bond acceptors (Lipinski definition) is 1. The number of benzene rings is 3. The largest absolute Gasteiger partial charge is 0.416 e. The lowest BCUT2D eigenvalue weighted by Gasteiger charge is -2.12. The molecule has 1 nitrogen and oxygen atoms in total. The van der Waals surface area contributed by atoms with E-state index in [1.807, 2.05) is 60.7 Å². The van der Waals surface area contributed by atoms with Crippen LogP contribution in [0.4, 0.5) is 13.2 Å². The van der Waals surface area contributed by atoms with Gasteiger partial charge in [-0.05, 0) is 35.4 Å². The van der Waals surface area contributed by atoms with Gasteiger partial charge in [-0.15, -0.1) is 0 Å². The zero-order valence-corrected chi connectivity index (χ0v) is 13.7. The van der Waals surface area contributed by atoms with Crippen molar-refractivity contribution >= 4 is 10.9 Å². The Balaban J connectivity index is 1.91. The van der Waals surface area contributed by atoms with Crippen LogP contribution in [0.2, 0.25) is 0 Å². The maximum absolute atomic E-state index is 12.9. The quantitative estimate of drug-likeness (QED) is 0.398. The third-order valence-electron chi connectivity index (χ3n) is 4.31. The Bertz CT molecular complexity index is 1050. The zero-order chi connectivity index (χ0) is 18.1. The molecule has 0 fully saturated rings. The summed E-state index contributed by atoms with van der Waals surface area (Å²) in [5.74, 6) is 0. The summed E-state index contributed by atoms with van der Waals surface area (Å²) in [5.41, 5.74) is 3.51. The van der Waals surface area contributed by atoms with E-state index in [1.54, 1.807) is 0 Å². The van der Waals surface area contributed by atoms with E-state index in [0.717, 1.165) is 45.4 Å². The van der Waals surface area contributed by atoms with Crippen LogP contribution < -0.4 is 0 Å². The summed E-state index contributed by atoms with van der Waals surface area (Å²) < 4.78 is 38.6. The van der Waals surface area contributed by atoms with Crippen molar-refractivity contribution in [3.63, 3.8) is 0 Å². The van der Waals surface area contributed by atoms with Gasteiger partial charge in [-0.1, -0.05) is 60.7 Å². The van der Waals surface area contributed by atoms with Gasteiger partial charge in [0.1, 0.15) is 0 Å². The highest BCUT2D eigenvalue weighted by Gasteiger charge is 2.30. The molecule has 0 N–H and O–H groups in total. The molecule has 0 aliphatic rings. The molecule has 0 aliphatic carbocycles. The van der Waals surface area contributed by atoms with Crippen LogP contribution in [0.3, 0.4) is 0 Å². The lowest BCUT2D eigenvalue weighted by Crippen LogP contribution is -2.04. The van der Waals surface area contributed by atoms with Crippen molar-refractivity contribution in [2.45, 2.75) is 6.18 Å². The van der Waals surface area contributed by atoms with Crippen LogP contribution in [0.1, 0.15) is 5.56 Å². The first-order valence-electron chi connectivity index (χ1n) is 8.15. The van der Waals surface area contributed by atoms with Gasteiger partial charge >= 0.3 is 6.18 Å². The summed E-state index contributed by atoms with van der Waals surface area (Å²) in [6.07, 6.45) is -4.34. The smallest absolute Gasteiger partial charge is 0.248 e. The minimum absolute atomic E-state index is 0.650. The maximum atomic E-state index is 12.9. The van der Waals surface area contributed by atoms with Crippen LogP contribution in [0.15, 0.2) is 84.9 Å². The number of halogens is 3. The predicted molar refractivity (Wildman–Crippen MR) is 97.6 cm³/mol. The summed E-state index contributed by atoms with van der Waals surface area (Å²) in [5, 5.41) is 0.909. The molecule has 0 spiro atoms. The van der Waals surface area contributed by atoms with Gasteiger partial charge in [-0.2, -0.15) is 13.2 Å². The molecule has 0 saturated heterocycles. The van der Waals surface area contributed by atoms with Crippen molar-refractivity contribution in [1.82, 2.24) is 4.98 Å². The molecule has 1 heterocycles. The molecular formula is C22H14F3N. The third kappa shape index (κ3) is 3.06. The van der Waals surface area contributed by atoms with Crippen molar-refractivity contribution in [2.75, 3.05) is 0 Å². The minimum atomic E-state index is -4.34. The van der Waals surface area contributed by atoms with E-state index in [-0.39, 0.29) is 0 Å². The average Bonchev–Trinajstić information content (AvgIpc) is 2.67. The van der Waals surface area contributed by atoms with E-state index in [4.69, 9.17) is 4.98 Å². The van der Waals surface area contributed by atoms with Crippen molar-refractivity contribution in [1.29, 1.82) is 0 Å². The number of rotatable bonds is 2. The molecule has 26 heavy (non-hydrogen) atoms. The van der Waals surface area contributed by atoms with Crippen LogP contribution in [-0.2, 0) is 6.18 Å². The van der Waals surface area contributed by atoms with Gasteiger partial charge < -0.3 is 0 Å². The molecule has 1 aromatic heterocycles. The van der Waals surface area contributed by atoms with Crippen molar-refractivity contribution in [2.24, 2.45) is 0 Å². The first-order chi connectivity index (χ1) is 12.5. The number of alkyl halides is 3. The second-order valence-electron chi connectivity index (χ2n) is 6.01. The van der Waals surface area contributed by atoms with Gasteiger partial charge in [0.2, 0.25) is 0 Å². The lowest BCUT2D eigenvalue weighted by molar-refractivity contribution is -0.137.